The van der Waals surface area contributed by atoms with E-state index < -0.39 is 11.9 Å². The third-order valence-electron chi connectivity index (χ3n) is 7.99. The van der Waals surface area contributed by atoms with E-state index in [0.717, 1.165) is 25.7 Å². The molecule has 0 aromatic rings. The number of hydrogen-bond acceptors (Lipinski definition) is 2. The normalized spacial score (nSPS) is 10.0. The van der Waals surface area contributed by atoms with Crippen LogP contribution in [-0.2, 0) is 9.59 Å². The summed E-state index contributed by atoms with van der Waals surface area (Å²) in [6.45, 7) is 16.5. The van der Waals surface area contributed by atoms with E-state index in [9.17, 15) is 9.59 Å². The van der Waals surface area contributed by atoms with Crippen LogP contribution >= 0.6 is 0 Å². The summed E-state index contributed by atoms with van der Waals surface area (Å²) in [5, 5.41) is 17.0. The molecule has 0 aromatic heterocycles. The van der Waals surface area contributed by atoms with Gasteiger partial charge in [-0.3, -0.25) is 9.59 Å². The Morgan fingerprint density at radius 3 is 0.591 bits per heavy atom. The number of carboxylic acids is 2. The monoisotopic (exact) mass is 625 g/mol. The summed E-state index contributed by atoms with van der Waals surface area (Å²) in [4.78, 5) is 20.7. The highest BCUT2D eigenvalue weighted by atomic mass is 16.4. The first-order chi connectivity index (χ1) is 21.5. The van der Waals surface area contributed by atoms with Crippen molar-refractivity contribution in [2.24, 2.45) is 0 Å². The van der Waals surface area contributed by atoms with Crippen LogP contribution in [0.1, 0.15) is 219 Å². The van der Waals surface area contributed by atoms with Crippen LogP contribution in [0.2, 0.25) is 0 Å². The number of hydrogen-bond donors (Lipinski definition) is 2. The summed E-state index contributed by atoms with van der Waals surface area (Å²) in [5.41, 5.74) is 0. The molecule has 0 fully saturated rings. The Hall–Kier alpha value is -1.58. The van der Waals surface area contributed by atoms with E-state index in [2.05, 4.69) is 40.2 Å². The molecule has 0 aromatic carbocycles. The van der Waals surface area contributed by atoms with Crippen LogP contribution in [0.3, 0.4) is 0 Å². The van der Waals surface area contributed by atoms with Crippen LogP contribution < -0.4 is 0 Å². The van der Waals surface area contributed by atoms with E-state index in [0.29, 0.717) is 12.8 Å². The molecular formula is C40H80O4. The van der Waals surface area contributed by atoms with Gasteiger partial charge in [0.2, 0.25) is 0 Å². The molecule has 0 unspecified atom stereocenters. The van der Waals surface area contributed by atoms with E-state index in [-0.39, 0.29) is 0 Å². The number of aliphatic carboxylic acids is 2. The van der Waals surface area contributed by atoms with Gasteiger partial charge in [-0.15, -0.1) is 26.3 Å². The minimum atomic E-state index is -0.653. The second-order valence-corrected chi connectivity index (χ2v) is 12.2. The molecule has 0 aliphatic rings. The first-order valence-corrected chi connectivity index (χ1v) is 19.0. The Morgan fingerprint density at radius 1 is 0.318 bits per heavy atom. The van der Waals surface area contributed by atoms with Gasteiger partial charge in [0.25, 0.3) is 0 Å². The van der Waals surface area contributed by atoms with Crippen molar-refractivity contribution in [1.82, 2.24) is 0 Å². The molecule has 0 spiro atoms. The highest BCUT2D eigenvalue weighted by Gasteiger charge is 1.98. The van der Waals surface area contributed by atoms with Gasteiger partial charge in [-0.05, 0) is 12.8 Å². The fourth-order valence-electron chi connectivity index (χ4n) is 5.30. The number of rotatable bonds is 32. The van der Waals surface area contributed by atoms with Gasteiger partial charge in [-0.25, -0.2) is 0 Å². The average Bonchev–Trinajstić information content (AvgIpc) is 3.03. The molecule has 0 radical (unpaired) electrons. The van der Waals surface area contributed by atoms with Crippen molar-refractivity contribution in [2.75, 3.05) is 0 Å². The Kier molecular flexibility index (Phi) is 57.2. The quantitative estimate of drug-likeness (QED) is 0.0576. The lowest BCUT2D eigenvalue weighted by molar-refractivity contribution is -0.138. The summed E-state index contributed by atoms with van der Waals surface area (Å²) in [6.07, 6.45) is 40.4. The van der Waals surface area contributed by atoms with Crippen molar-refractivity contribution < 1.29 is 19.8 Å². The highest BCUT2D eigenvalue weighted by molar-refractivity contribution is 5.66. The van der Waals surface area contributed by atoms with Gasteiger partial charge in [0, 0.05) is 12.8 Å². The predicted octanol–water partition coefficient (Wildman–Crippen LogP) is 14.3. The molecule has 0 aliphatic heterocycles. The molecule has 0 aliphatic carbocycles. The van der Waals surface area contributed by atoms with Gasteiger partial charge in [0.05, 0.1) is 0 Å². The van der Waals surface area contributed by atoms with Gasteiger partial charge in [-0.1, -0.05) is 194 Å². The maximum absolute atomic E-state index is 10.3. The molecule has 0 rings (SSSR count). The molecule has 0 saturated carbocycles. The molecule has 44 heavy (non-hydrogen) atoms. The lowest BCUT2D eigenvalue weighted by Crippen LogP contribution is -1.93. The molecule has 0 heterocycles. The minimum absolute atomic E-state index is 0.345. The van der Waals surface area contributed by atoms with Crippen LogP contribution in [0.5, 0.6) is 0 Å². The van der Waals surface area contributed by atoms with Gasteiger partial charge in [0.1, 0.15) is 0 Å². The molecular weight excluding hydrogens is 544 g/mol. The van der Waals surface area contributed by atoms with Crippen molar-refractivity contribution in [2.45, 2.75) is 219 Å². The SMILES string of the molecule is C=C.C=C.CCCCCCCCCCCCCCCCCC(=O)O.CCCCCCCCCCCCCCCCCC(=O)O. The topological polar surface area (TPSA) is 74.6 Å². The Bertz CT molecular complexity index is 474. The van der Waals surface area contributed by atoms with Gasteiger partial charge in [0.15, 0.2) is 0 Å². The molecule has 0 atom stereocenters. The minimum Gasteiger partial charge on any atom is -0.481 e. The molecule has 4 nitrogen and oxygen atoms in total. The lowest BCUT2D eigenvalue weighted by Gasteiger charge is -2.03. The summed E-state index contributed by atoms with van der Waals surface area (Å²) in [7, 11) is 0. The van der Waals surface area contributed by atoms with Gasteiger partial charge < -0.3 is 10.2 Å². The molecule has 4 heteroatoms. The van der Waals surface area contributed by atoms with Crippen molar-refractivity contribution in [3.8, 4) is 0 Å². The molecule has 0 saturated heterocycles. The summed E-state index contributed by atoms with van der Waals surface area (Å²) >= 11 is 0. The zero-order chi connectivity index (χ0) is 33.8. The lowest BCUT2D eigenvalue weighted by atomic mass is 10.0. The maximum Gasteiger partial charge on any atom is 0.303 e. The van der Waals surface area contributed by atoms with E-state index in [1.807, 2.05) is 0 Å². The molecule has 2 N–H and O–H groups in total. The van der Waals surface area contributed by atoms with Crippen molar-refractivity contribution >= 4 is 11.9 Å². The van der Waals surface area contributed by atoms with Gasteiger partial charge in [-0.2, -0.15) is 0 Å². The van der Waals surface area contributed by atoms with E-state index >= 15 is 0 Å². The zero-order valence-corrected chi connectivity index (χ0v) is 30.2. The van der Waals surface area contributed by atoms with Crippen LogP contribution in [0.15, 0.2) is 26.3 Å². The Balaban J connectivity index is -0.000000326. The first-order valence-electron chi connectivity index (χ1n) is 19.0. The van der Waals surface area contributed by atoms with Crippen molar-refractivity contribution in [3.05, 3.63) is 26.3 Å². The van der Waals surface area contributed by atoms with Crippen LogP contribution in [-0.4, -0.2) is 22.2 Å². The van der Waals surface area contributed by atoms with Crippen molar-refractivity contribution in [3.63, 3.8) is 0 Å². The Labute approximate surface area is 277 Å². The second-order valence-electron chi connectivity index (χ2n) is 12.2. The molecule has 264 valence electrons. The fourth-order valence-corrected chi connectivity index (χ4v) is 5.30. The maximum atomic E-state index is 10.3. The summed E-state index contributed by atoms with van der Waals surface area (Å²) < 4.78 is 0. The fraction of sp³-hybridized carbons (Fsp3) is 0.850. The highest BCUT2D eigenvalue weighted by Crippen LogP contribution is 2.15. The number of carboxylic acid groups (broad SMARTS) is 2. The van der Waals surface area contributed by atoms with Crippen LogP contribution in [0.25, 0.3) is 0 Å². The third-order valence-corrected chi connectivity index (χ3v) is 7.99. The van der Waals surface area contributed by atoms with Gasteiger partial charge >= 0.3 is 11.9 Å². The number of unbranched alkanes of at least 4 members (excludes halogenated alkanes) is 28. The predicted molar refractivity (Wildman–Crippen MR) is 197 cm³/mol. The summed E-state index contributed by atoms with van der Waals surface area (Å²) in [6, 6.07) is 0. The van der Waals surface area contributed by atoms with Crippen LogP contribution in [0.4, 0.5) is 0 Å². The smallest absolute Gasteiger partial charge is 0.303 e. The Morgan fingerprint density at radius 2 is 0.455 bits per heavy atom. The largest absolute Gasteiger partial charge is 0.481 e. The van der Waals surface area contributed by atoms with Crippen molar-refractivity contribution in [1.29, 1.82) is 0 Å². The standard InChI is InChI=1S/2C18H36O2.2C2H4/c2*1-2-3-4-5-6-7-8-9-10-11-12-13-14-15-16-17-18(19)20;2*1-2/h2*2-17H2,1H3,(H,19,20);2*1-2H2. The second kappa shape index (κ2) is 51.0. The van der Waals surface area contributed by atoms with E-state index in [1.165, 1.54) is 167 Å². The summed E-state index contributed by atoms with van der Waals surface area (Å²) in [5.74, 6) is -1.31. The average molecular weight is 625 g/mol. The molecule has 0 bridgehead atoms. The van der Waals surface area contributed by atoms with E-state index in [4.69, 9.17) is 10.2 Å². The molecule has 0 amide bonds. The number of carbonyl (C=O) groups is 2. The third kappa shape index (κ3) is 59.8. The van der Waals surface area contributed by atoms with Crippen LogP contribution in [0, 0.1) is 0 Å². The zero-order valence-electron chi connectivity index (χ0n) is 30.2. The van der Waals surface area contributed by atoms with E-state index in [1.54, 1.807) is 0 Å². The first kappa shape index (κ1) is 49.3.